The Kier molecular flexibility index (Phi) is 23.5. The minimum absolute atomic E-state index is 0.594. The first-order valence-corrected chi connectivity index (χ1v) is 17.4. The molecule has 1 aromatic carbocycles. The molecule has 0 heterocycles. The molecule has 0 aliphatic rings. The third-order valence-electron chi connectivity index (χ3n) is 7.78. The monoisotopic (exact) mass is 550 g/mol. The summed E-state index contributed by atoms with van der Waals surface area (Å²) in [5, 5.41) is 0. The molecule has 0 unspecified atom stereocenters. The van der Waals surface area contributed by atoms with E-state index in [1.807, 2.05) is 6.07 Å². The largest absolute Gasteiger partial charge is 0.817 e. The molecule has 0 saturated heterocycles. The first-order chi connectivity index (χ1) is 18.6. The Hall–Kier alpha value is -0.670. The molecule has 0 atom stereocenters. The van der Waals surface area contributed by atoms with Gasteiger partial charge in [0.2, 0.25) is 0 Å². The molecule has 0 radical (unpaired) electrons. The van der Waals surface area contributed by atoms with Crippen LogP contribution in [-0.2, 0) is 23.9 Å². The van der Waals surface area contributed by atoms with Crippen molar-refractivity contribution in [2.45, 2.75) is 175 Å². The fourth-order valence-electron chi connectivity index (χ4n) is 5.48. The van der Waals surface area contributed by atoms with Gasteiger partial charge in [0, 0.05) is 5.56 Å². The molecule has 1 aromatic rings. The van der Waals surface area contributed by atoms with Gasteiger partial charge in [0.05, 0.1) is 0 Å². The third kappa shape index (κ3) is 17.8. The second kappa shape index (κ2) is 25.3. The summed E-state index contributed by atoms with van der Waals surface area (Å²) in [4.78, 5) is 27.6. The Morgan fingerprint density at radius 2 is 0.895 bits per heavy atom. The first kappa shape index (κ1) is 35.4. The van der Waals surface area contributed by atoms with Gasteiger partial charge in [0.25, 0.3) is 0 Å². The van der Waals surface area contributed by atoms with Crippen molar-refractivity contribution in [2.24, 2.45) is 0 Å². The zero-order valence-corrected chi connectivity index (χ0v) is 26.1. The summed E-state index contributed by atoms with van der Waals surface area (Å²) in [5.41, 5.74) is 4.01. The van der Waals surface area contributed by atoms with Crippen LogP contribution >= 0.6 is 8.60 Å². The van der Waals surface area contributed by atoms with Gasteiger partial charge in [-0.15, -0.1) is 8.60 Å². The van der Waals surface area contributed by atoms with E-state index in [0.717, 1.165) is 25.7 Å². The topological polar surface area (TPSA) is 64.6 Å². The molecule has 0 aliphatic heterocycles. The maximum atomic E-state index is 11.1. The number of aryl methyl sites for hydroxylation is 1. The van der Waals surface area contributed by atoms with Gasteiger partial charge in [-0.3, -0.25) is 0 Å². The molecule has 222 valence electrons. The Labute approximate surface area is 237 Å². The van der Waals surface area contributed by atoms with E-state index in [0.29, 0.717) is 5.75 Å². The fraction of sp³-hybridized carbons (Fsp3) is 0.818. The lowest BCUT2D eigenvalue weighted by atomic mass is 9.89. The van der Waals surface area contributed by atoms with E-state index >= 15 is 0 Å². The number of unbranched alkanes of at least 4 members (excludes halogenated alkanes) is 18. The van der Waals surface area contributed by atoms with Gasteiger partial charge in [-0.1, -0.05) is 142 Å². The molecule has 0 aliphatic carbocycles. The van der Waals surface area contributed by atoms with Crippen molar-refractivity contribution in [1.29, 1.82) is 0 Å². The van der Waals surface area contributed by atoms with Gasteiger partial charge >= 0.3 is 0 Å². The van der Waals surface area contributed by atoms with Gasteiger partial charge in [-0.25, -0.2) is 4.67 Å². The van der Waals surface area contributed by atoms with Crippen LogP contribution in [-0.4, -0.2) is 0 Å². The molecule has 0 spiro atoms. The Morgan fingerprint density at radius 3 is 1.34 bits per heavy atom. The summed E-state index contributed by atoms with van der Waals surface area (Å²) in [6.45, 7) is 6.79. The van der Waals surface area contributed by atoms with Crippen LogP contribution in [0.5, 0.6) is 5.75 Å². The molecular formula is C33H59O4P-2. The van der Waals surface area contributed by atoms with Crippen LogP contribution in [0.15, 0.2) is 12.1 Å². The highest BCUT2D eigenvalue weighted by molar-refractivity contribution is 7.36. The van der Waals surface area contributed by atoms with E-state index in [2.05, 4.69) is 31.5 Å². The SMILES string of the molecule is CCCCCCCCCc1ccc(OOP([O-])[O-])c(CCCCCCCCC)c1CCCCCCCCC. The van der Waals surface area contributed by atoms with Crippen LogP contribution in [0.2, 0.25) is 0 Å². The van der Waals surface area contributed by atoms with Crippen LogP contribution in [0.1, 0.15) is 172 Å². The van der Waals surface area contributed by atoms with Crippen molar-refractivity contribution in [3.8, 4) is 5.75 Å². The Balaban J connectivity index is 2.87. The van der Waals surface area contributed by atoms with Crippen LogP contribution in [0.3, 0.4) is 0 Å². The molecule has 0 amide bonds. The Morgan fingerprint density at radius 1 is 0.500 bits per heavy atom. The minimum atomic E-state index is -3.04. The van der Waals surface area contributed by atoms with E-state index in [1.165, 1.54) is 145 Å². The van der Waals surface area contributed by atoms with E-state index in [1.54, 1.807) is 0 Å². The molecule has 4 nitrogen and oxygen atoms in total. The zero-order valence-electron chi connectivity index (χ0n) is 25.2. The quantitative estimate of drug-likeness (QED) is 0.0473. The van der Waals surface area contributed by atoms with E-state index in [9.17, 15) is 9.79 Å². The van der Waals surface area contributed by atoms with E-state index in [4.69, 9.17) is 4.89 Å². The molecule has 0 fully saturated rings. The summed E-state index contributed by atoms with van der Waals surface area (Å²) in [7, 11) is -3.04. The fourth-order valence-corrected chi connectivity index (χ4v) is 5.62. The standard InChI is InChI=1S/C33H59O4P/c1-4-7-10-13-16-19-22-25-30-28-29-33(36-37-38(34)35)32(27-24-21-18-15-12-9-6-3)31(30)26-23-20-17-14-11-8-5-2/h28-29H,4-27H2,1-3H3/q-2. The zero-order chi connectivity index (χ0) is 27.7. The number of benzene rings is 1. The van der Waals surface area contributed by atoms with E-state index < -0.39 is 8.60 Å². The van der Waals surface area contributed by atoms with Crippen molar-refractivity contribution >= 4 is 8.60 Å². The highest BCUT2D eigenvalue weighted by Crippen LogP contribution is 2.32. The van der Waals surface area contributed by atoms with Crippen LogP contribution < -0.4 is 14.7 Å². The van der Waals surface area contributed by atoms with Gasteiger partial charge in [-0.05, 0) is 55.7 Å². The van der Waals surface area contributed by atoms with Crippen LogP contribution in [0.25, 0.3) is 0 Å². The summed E-state index contributed by atoms with van der Waals surface area (Å²) in [6, 6.07) is 4.11. The van der Waals surface area contributed by atoms with E-state index in [-0.39, 0.29) is 0 Å². The lowest BCUT2D eigenvalue weighted by Crippen LogP contribution is -2.13. The highest BCUT2D eigenvalue weighted by atomic mass is 31.2. The van der Waals surface area contributed by atoms with Crippen LogP contribution in [0, 0.1) is 0 Å². The average Bonchev–Trinajstić information content (AvgIpc) is 2.91. The predicted octanol–water partition coefficient (Wildman–Crippen LogP) is 9.82. The van der Waals surface area contributed by atoms with Crippen molar-refractivity contribution in [3.05, 3.63) is 28.8 Å². The summed E-state index contributed by atoms with van der Waals surface area (Å²) in [5.74, 6) is 0.594. The third-order valence-corrected chi connectivity index (χ3v) is 7.98. The molecule has 0 bridgehead atoms. The normalized spacial score (nSPS) is 11.5. The first-order valence-electron chi connectivity index (χ1n) is 16.3. The van der Waals surface area contributed by atoms with Crippen molar-refractivity contribution in [2.75, 3.05) is 0 Å². The minimum Gasteiger partial charge on any atom is -0.817 e. The smallest absolute Gasteiger partial charge is 0.169 e. The number of rotatable bonds is 27. The molecule has 0 aromatic heterocycles. The van der Waals surface area contributed by atoms with Crippen molar-refractivity contribution in [3.63, 3.8) is 0 Å². The van der Waals surface area contributed by atoms with Crippen LogP contribution in [0.4, 0.5) is 0 Å². The molecule has 5 heteroatoms. The second-order valence-corrected chi connectivity index (χ2v) is 11.8. The lowest BCUT2D eigenvalue weighted by Gasteiger charge is -2.28. The lowest BCUT2D eigenvalue weighted by molar-refractivity contribution is -0.348. The van der Waals surface area contributed by atoms with Gasteiger partial charge in [0.1, 0.15) is 0 Å². The Bertz CT molecular complexity index is 665. The summed E-state index contributed by atoms with van der Waals surface area (Å²) >= 11 is 0. The van der Waals surface area contributed by atoms with Crippen molar-refractivity contribution in [1.82, 2.24) is 0 Å². The molecule has 0 saturated carbocycles. The second-order valence-electron chi connectivity index (χ2n) is 11.2. The molecule has 0 N–H and O–H groups in total. The summed E-state index contributed by atoms with van der Waals surface area (Å²) < 4.78 is 4.61. The molecular weight excluding hydrogens is 491 g/mol. The molecule has 38 heavy (non-hydrogen) atoms. The van der Waals surface area contributed by atoms with Crippen molar-refractivity contribution < 1.29 is 19.3 Å². The average molecular weight is 551 g/mol. The predicted molar refractivity (Wildman–Crippen MR) is 160 cm³/mol. The number of hydrogen-bond donors (Lipinski definition) is 0. The van der Waals surface area contributed by atoms with Gasteiger partial charge in [0.15, 0.2) is 5.75 Å². The maximum absolute atomic E-state index is 11.1. The van der Waals surface area contributed by atoms with Gasteiger partial charge in [-0.2, -0.15) is 0 Å². The number of hydrogen-bond acceptors (Lipinski definition) is 4. The molecule has 1 rings (SSSR count). The summed E-state index contributed by atoms with van der Waals surface area (Å²) in [6.07, 6.45) is 30.1. The van der Waals surface area contributed by atoms with Gasteiger partial charge < -0.3 is 14.7 Å². The maximum Gasteiger partial charge on any atom is 0.169 e. The highest BCUT2D eigenvalue weighted by Gasteiger charge is 2.15.